The molecule has 4 aromatic rings. The number of hydrogen-bond acceptors (Lipinski definition) is 8. The average Bonchev–Trinajstić information content (AvgIpc) is 3.12. The zero-order valence-corrected chi connectivity index (χ0v) is 16.8. The second-order valence-corrected chi connectivity index (χ2v) is 6.71. The number of amides is 1. The van der Waals surface area contributed by atoms with Gasteiger partial charge in [-0.1, -0.05) is 18.2 Å². The van der Waals surface area contributed by atoms with Crippen LogP contribution in [0.25, 0.3) is 22.6 Å². The Bertz CT molecular complexity index is 1280. The Morgan fingerprint density at radius 3 is 2.58 bits per heavy atom. The average molecular weight is 422 g/mol. The standard InChI is InChI=1S/C20H19FN8O2/c1-10-7-8-25-19-13(10)14(28-29(19)9-11-5-3-4-6-12(11)21)18-26-16(22)15(17(23)27-18)31-20(30)24-2/h3-8H,9H2,1-2H3,(H,24,30)(H4,22,23,26,27). The number of fused-ring (bicyclic) bond motifs is 1. The molecule has 1 aromatic carbocycles. The highest BCUT2D eigenvalue weighted by Gasteiger charge is 2.22. The number of pyridine rings is 1. The molecule has 0 atom stereocenters. The highest BCUT2D eigenvalue weighted by atomic mass is 19.1. The first kappa shape index (κ1) is 20.0. The van der Waals surface area contributed by atoms with Crippen molar-refractivity contribution in [3.8, 4) is 17.3 Å². The van der Waals surface area contributed by atoms with Crippen molar-refractivity contribution in [2.75, 3.05) is 18.5 Å². The van der Waals surface area contributed by atoms with Crippen molar-refractivity contribution in [2.45, 2.75) is 13.5 Å². The fourth-order valence-electron chi connectivity index (χ4n) is 3.15. The van der Waals surface area contributed by atoms with Gasteiger partial charge in [0.25, 0.3) is 0 Å². The Labute approximate surface area is 176 Å². The van der Waals surface area contributed by atoms with Gasteiger partial charge in [0.1, 0.15) is 11.5 Å². The van der Waals surface area contributed by atoms with Crippen molar-refractivity contribution in [1.29, 1.82) is 0 Å². The summed E-state index contributed by atoms with van der Waals surface area (Å²) in [5.41, 5.74) is 14.1. The molecule has 31 heavy (non-hydrogen) atoms. The summed E-state index contributed by atoms with van der Waals surface area (Å²) < 4.78 is 20.8. The number of rotatable bonds is 4. The summed E-state index contributed by atoms with van der Waals surface area (Å²) in [6.07, 6.45) is 0.889. The Hall–Kier alpha value is -4.28. The lowest BCUT2D eigenvalue weighted by molar-refractivity contribution is 0.203. The topological polar surface area (TPSA) is 147 Å². The third kappa shape index (κ3) is 3.68. The summed E-state index contributed by atoms with van der Waals surface area (Å²) in [5.74, 6) is -0.602. The maximum atomic E-state index is 14.2. The number of ether oxygens (including phenoxy) is 1. The van der Waals surface area contributed by atoms with E-state index in [-0.39, 0.29) is 35.6 Å². The van der Waals surface area contributed by atoms with Crippen LogP contribution in [0.5, 0.6) is 5.75 Å². The largest absolute Gasteiger partial charge is 0.412 e. The summed E-state index contributed by atoms with van der Waals surface area (Å²) >= 11 is 0. The van der Waals surface area contributed by atoms with Crippen molar-refractivity contribution in [2.24, 2.45) is 0 Å². The van der Waals surface area contributed by atoms with Crippen molar-refractivity contribution in [3.05, 3.63) is 53.5 Å². The summed E-state index contributed by atoms with van der Waals surface area (Å²) in [6, 6.07) is 8.25. The molecule has 0 spiro atoms. The van der Waals surface area contributed by atoms with Gasteiger partial charge in [0.05, 0.1) is 11.9 Å². The van der Waals surface area contributed by atoms with Crippen LogP contribution in [0.15, 0.2) is 36.5 Å². The normalized spacial score (nSPS) is 10.9. The number of nitrogen functional groups attached to an aromatic ring is 2. The van der Waals surface area contributed by atoms with E-state index < -0.39 is 6.09 Å². The monoisotopic (exact) mass is 422 g/mol. The van der Waals surface area contributed by atoms with E-state index >= 15 is 0 Å². The maximum Gasteiger partial charge on any atom is 0.412 e. The number of hydrogen-bond donors (Lipinski definition) is 3. The van der Waals surface area contributed by atoms with E-state index in [4.69, 9.17) is 16.2 Å². The van der Waals surface area contributed by atoms with Gasteiger partial charge in [-0.3, -0.25) is 0 Å². The second kappa shape index (κ2) is 7.86. The van der Waals surface area contributed by atoms with Crippen LogP contribution in [0.3, 0.4) is 0 Å². The molecule has 0 aliphatic carbocycles. The van der Waals surface area contributed by atoms with Crippen LogP contribution in [0.4, 0.5) is 20.8 Å². The molecule has 1 amide bonds. The van der Waals surface area contributed by atoms with Gasteiger partial charge in [-0.05, 0) is 24.6 Å². The molecule has 0 fully saturated rings. The number of anilines is 2. The van der Waals surface area contributed by atoms with E-state index in [1.165, 1.54) is 13.1 Å². The van der Waals surface area contributed by atoms with E-state index in [0.717, 1.165) is 5.56 Å². The van der Waals surface area contributed by atoms with Crippen LogP contribution in [0.1, 0.15) is 11.1 Å². The zero-order chi connectivity index (χ0) is 22.1. The Morgan fingerprint density at radius 1 is 1.19 bits per heavy atom. The molecule has 0 aliphatic heterocycles. The van der Waals surface area contributed by atoms with Gasteiger partial charge in [-0.2, -0.15) is 5.10 Å². The Balaban J connectivity index is 1.85. The molecule has 0 saturated heterocycles. The van der Waals surface area contributed by atoms with Crippen LogP contribution in [-0.4, -0.2) is 37.9 Å². The number of halogens is 1. The third-order valence-corrected chi connectivity index (χ3v) is 4.65. The van der Waals surface area contributed by atoms with E-state index in [1.54, 1.807) is 29.1 Å². The lowest BCUT2D eigenvalue weighted by Gasteiger charge is -2.09. The number of carbonyl (C=O) groups excluding carboxylic acids is 1. The molecule has 0 aliphatic rings. The van der Waals surface area contributed by atoms with Crippen molar-refractivity contribution < 1.29 is 13.9 Å². The molecular weight excluding hydrogens is 403 g/mol. The Morgan fingerprint density at radius 2 is 1.90 bits per heavy atom. The van der Waals surface area contributed by atoms with Gasteiger partial charge in [0, 0.05) is 18.8 Å². The number of benzene rings is 1. The third-order valence-electron chi connectivity index (χ3n) is 4.65. The van der Waals surface area contributed by atoms with Crippen molar-refractivity contribution in [1.82, 2.24) is 30.0 Å². The fraction of sp³-hybridized carbons (Fsp3) is 0.150. The van der Waals surface area contributed by atoms with Gasteiger partial charge >= 0.3 is 6.09 Å². The predicted octanol–water partition coefficient (Wildman–Crippen LogP) is 2.27. The Kier molecular flexibility index (Phi) is 5.07. The van der Waals surface area contributed by atoms with Crippen LogP contribution >= 0.6 is 0 Å². The van der Waals surface area contributed by atoms with Crippen LogP contribution in [-0.2, 0) is 6.54 Å². The molecule has 3 aromatic heterocycles. The minimum Gasteiger partial charge on any atom is -0.402 e. The molecule has 5 N–H and O–H groups in total. The molecule has 0 bridgehead atoms. The molecule has 11 heteroatoms. The van der Waals surface area contributed by atoms with E-state index in [0.29, 0.717) is 22.3 Å². The lowest BCUT2D eigenvalue weighted by atomic mass is 10.1. The molecule has 158 valence electrons. The number of carbonyl (C=O) groups is 1. The minimum atomic E-state index is -0.755. The van der Waals surface area contributed by atoms with Crippen LogP contribution in [0.2, 0.25) is 0 Å². The van der Waals surface area contributed by atoms with Gasteiger partial charge in [-0.25, -0.2) is 28.8 Å². The highest BCUT2D eigenvalue weighted by molar-refractivity contribution is 5.92. The van der Waals surface area contributed by atoms with Gasteiger partial charge < -0.3 is 21.5 Å². The molecule has 0 radical (unpaired) electrons. The summed E-state index contributed by atoms with van der Waals surface area (Å²) in [4.78, 5) is 24.4. The smallest absolute Gasteiger partial charge is 0.402 e. The fourth-order valence-corrected chi connectivity index (χ4v) is 3.15. The molecule has 0 unspecified atom stereocenters. The highest BCUT2D eigenvalue weighted by Crippen LogP contribution is 2.33. The summed E-state index contributed by atoms with van der Waals surface area (Å²) in [7, 11) is 1.40. The molecule has 4 rings (SSSR count). The summed E-state index contributed by atoms with van der Waals surface area (Å²) in [6.45, 7) is 2.04. The number of nitrogens with one attached hydrogen (secondary N) is 1. The molecule has 10 nitrogen and oxygen atoms in total. The SMILES string of the molecule is CNC(=O)Oc1c(N)nc(-c2nn(Cc3ccccc3F)c3nccc(C)c23)nc1N. The predicted molar refractivity (Wildman–Crippen MR) is 113 cm³/mol. The van der Waals surface area contributed by atoms with E-state index in [9.17, 15) is 9.18 Å². The number of nitrogens with two attached hydrogens (primary N) is 2. The number of nitrogens with zero attached hydrogens (tertiary/aromatic N) is 5. The van der Waals surface area contributed by atoms with E-state index in [1.807, 2.05) is 13.0 Å². The maximum absolute atomic E-state index is 14.2. The van der Waals surface area contributed by atoms with Crippen LogP contribution < -0.4 is 21.5 Å². The lowest BCUT2D eigenvalue weighted by Crippen LogP contribution is -2.23. The van der Waals surface area contributed by atoms with Crippen LogP contribution in [0, 0.1) is 12.7 Å². The molecular formula is C20H19FN8O2. The van der Waals surface area contributed by atoms with Crippen molar-refractivity contribution in [3.63, 3.8) is 0 Å². The van der Waals surface area contributed by atoms with Gasteiger partial charge in [0.15, 0.2) is 23.1 Å². The van der Waals surface area contributed by atoms with E-state index in [2.05, 4.69) is 25.4 Å². The molecule has 0 saturated carbocycles. The first-order valence-corrected chi connectivity index (χ1v) is 9.27. The minimum absolute atomic E-state index is 0.121. The van der Waals surface area contributed by atoms with Gasteiger partial charge in [-0.15, -0.1) is 0 Å². The first-order chi connectivity index (χ1) is 14.9. The second-order valence-electron chi connectivity index (χ2n) is 6.71. The number of aromatic nitrogens is 5. The molecule has 3 heterocycles. The van der Waals surface area contributed by atoms with Gasteiger partial charge in [0.2, 0.25) is 5.75 Å². The zero-order valence-electron chi connectivity index (χ0n) is 16.8. The first-order valence-electron chi connectivity index (χ1n) is 9.27. The quantitative estimate of drug-likeness (QED) is 0.454. The van der Waals surface area contributed by atoms with Crippen molar-refractivity contribution >= 4 is 28.8 Å². The summed E-state index contributed by atoms with van der Waals surface area (Å²) in [5, 5.41) is 7.55. The number of aryl methyl sites for hydroxylation is 1.